The third-order valence-electron chi connectivity index (χ3n) is 3.94. The Morgan fingerprint density at radius 2 is 2.09 bits per heavy atom. The van der Waals surface area contributed by atoms with Gasteiger partial charge in [0.2, 0.25) is 5.91 Å². The van der Waals surface area contributed by atoms with E-state index in [4.69, 9.17) is 4.42 Å². The second-order valence-electron chi connectivity index (χ2n) is 5.50. The molecule has 0 bridgehead atoms. The number of rotatable bonds is 6. The van der Waals surface area contributed by atoms with Crippen molar-refractivity contribution in [1.29, 1.82) is 0 Å². The van der Waals surface area contributed by atoms with E-state index in [0.717, 1.165) is 17.7 Å². The van der Waals surface area contributed by atoms with Crippen LogP contribution in [0.1, 0.15) is 39.4 Å². The maximum Gasteiger partial charge on any atom is 0.325 e. The van der Waals surface area contributed by atoms with Crippen molar-refractivity contribution in [3.05, 3.63) is 24.2 Å². The number of hydrogen-bond acceptors (Lipinski definition) is 4. The summed E-state index contributed by atoms with van der Waals surface area (Å²) in [6.07, 6.45) is 3.03. The van der Waals surface area contributed by atoms with Gasteiger partial charge in [-0.25, -0.2) is 4.79 Å². The van der Waals surface area contributed by atoms with Crippen molar-refractivity contribution >= 4 is 17.8 Å². The maximum absolute atomic E-state index is 12.5. The summed E-state index contributed by atoms with van der Waals surface area (Å²) in [4.78, 5) is 37.5. The van der Waals surface area contributed by atoms with Gasteiger partial charge in [0, 0.05) is 6.04 Å². The van der Waals surface area contributed by atoms with Crippen molar-refractivity contribution < 1.29 is 18.8 Å². The number of carbonyl (C=O) groups excluding carboxylic acids is 3. The molecule has 1 aromatic heterocycles. The Balaban J connectivity index is 2.08. The summed E-state index contributed by atoms with van der Waals surface area (Å²) >= 11 is 0. The number of imide groups is 1. The molecule has 22 heavy (non-hydrogen) atoms. The smallest absolute Gasteiger partial charge is 0.325 e. The molecule has 1 aliphatic heterocycles. The van der Waals surface area contributed by atoms with Crippen LogP contribution in [0.3, 0.4) is 0 Å². The van der Waals surface area contributed by atoms with Gasteiger partial charge >= 0.3 is 6.03 Å². The molecule has 1 atom stereocenters. The van der Waals surface area contributed by atoms with Crippen LogP contribution in [-0.2, 0) is 15.1 Å². The summed E-state index contributed by atoms with van der Waals surface area (Å²) in [5.74, 6) is -0.498. The number of nitrogens with one attached hydrogen (secondary N) is 2. The average Bonchev–Trinajstić information content (AvgIpc) is 3.09. The van der Waals surface area contributed by atoms with Crippen LogP contribution in [0.5, 0.6) is 0 Å². The summed E-state index contributed by atoms with van der Waals surface area (Å²) in [6, 6.07) is 2.71. The van der Waals surface area contributed by atoms with E-state index in [9.17, 15) is 14.4 Å². The lowest BCUT2D eigenvalue weighted by molar-refractivity contribution is -0.135. The first kappa shape index (κ1) is 16.1. The molecule has 1 unspecified atom stereocenters. The number of amides is 4. The summed E-state index contributed by atoms with van der Waals surface area (Å²) in [6.45, 7) is 5.20. The maximum atomic E-state index is 12.5. The predicted molar refractivity (Wildman–Crippen MR) is 78.8 cm³/mol. The molecule has 0 spiro atoms. The van der Waals surface area contributed by atoms with Crippen LogP contribution in [-0.4, -0.2) is 35.3 Å². The van der Waals surface area contributed by atoms with Crippen molar-refractivity contribution in [2.45, 2.75) is 45.2 Å². The number of nitrogens with zero attached hydrogens (tertiary/aromatic N) is 1. The lowest BCUT2D eigenvalue weighted by atomic mass is 9.99. The normalized spacial score (nSPS) is 21.4. The van der Waals surface area contributed by atoms with Gasteiger partial charge in [0.15, 0.2) is 5.54 Å². The number of furan rings is 1. The Labute approximate surface area is 129 Å². The van der Waals surface area contributed by atoms with Crippen LogP contribution >= 0.6 is 0 Å². The predicted octanol–water partition coefficient (Wildman–Crippen LogP) is 1.35. The van der Waals surface area contributed by atoms with Gasteiger partial charge < -0.3 is 15.1 Å². The molecular weight excluding hydrogens is 286 g/mol. The largest absolute Gasteiger partial charge is 0.466 e. The Hall–Kier alpha value is -2.31. The second-order valence-corrected chi connectivity index (χ2v) is 5.50. The van der Waals surface area contributed by atoms with Crippen molar-refractivity contribution in [3.8, 4) is 0 Å². The standard InChI is InChI=1S/C15H21N3O4/c1-4-10(5-2)16-12(19)9-18-13(20)15(3,17-14(18)21)11-7-6-8-22-11/h6-8,10H,4-5,9H2,1-3H3,(H,16,19)(H,17,21). The van der Waals surface area contributed by atoms with E-state index in [1.165, 1.54) is 6.26 Å². The summed E-state index contributed by atoms with van der Waals surface area (Å²) in [7, 11) is 0. The van der Waals surface area contributed by atoms with Gasteiger partial charge in [-0.3, -0.25) is 14.5 Å². The Bertz CT molecular complexity index is 565. The quantitative estimate of drug-likeness (QED) is 0.776. The molecule has 120 valence electrons. The SMILES string of the molecule is CCC(CC)NC(=O)CN1C(=O)NC(C)(c2ccco2)C1=O. The summed E-state index contributed by atoms with van der Waals surface area (Å²) in [5.41, 5.74) is -1.27. The molecule has 7 nitrogen and oxygen atoms in total. The highest BCUT2D eigenvalue weighted by molar-refractivity contribution is 6.08. The summed E-state index contributed by atoms with van der Waals surface area (Å²) < 4.78 is 5.23. The molecule has 0 aliphatic carbocycles. The van der Waals surface area contributed by atoms with Gasteiger partial charge in [-0.1, -0.05) is 13.8 Å². The van der Waals surface area contributed by atoms with E-state index >= 15 is 0 Å². The van der Waals surface area contributed by atoms with E-state index in [0.29, 0.717) is 5.76 Å². The van der Waals surface area contributed by atoms with Crippen LogP contribution < -0.4 is 10.6 Å². The molecular formula is C15H21N3O4. The molecule has 7 heteroatoms. The third-order valence-corrected chi connectivity index (χ3v) is 3.94. The van der Waals surface area contributed by atoms with Gasteiger partial charge in [-0.05, 0) is 31.9 Å². The van der Waals surface area contributed by atoms with Crippen LogP contribution in [0.25, 0.3) is 0 Å². The topological polar surface area (TPSA) is 91.7 Å². The number of carbonyl (C=O) groups is 3. The van der Waals surface area contributed by atoms with Gasteiger partial charge in [-0.15, -0.1) is 0 Å². The monoisotopic (exact) mass is 307 g/mol. The fourth-order valence-corrected chi connectivity index (χ4v) is 2.48. The molecule has 0 saturated carbocycles. The van der Waals surface area contributed by atoms with Gasteiger partial charge in [0.05, 0.1) is 6.26 Å². The molecule has 4 amide bonds. The van der Waals surface area contributed by atoms with E-state index < -0.39 is 17.5 Å². The van der Waals surface area contributed by atoms with Crippen LogP contribution in [0.15, 0.2) is 22.8 Å². The summed E-state index contributed by atoms with van der Waals surface area (Å²) in [5, 5.41) is 5.39. The highest BCUT2D eigenvalue weighted by Crippen LogP contribution is 2.28. The Morgan fingerprint density at radius 1 is 1.41 bits per heavy atom. The minimum atomic E-state index is -1.27. The highest BCUT2D eigenvalue weighted by Gasteiger charge is 2.51. The first-order valence-corrected chi connectivity index (χ1v) is 7.39. The molecule has 2 heterocycles. The second kappa shape index (κ2) is 6.21. The van der Waals surface area contributed by atoms with Crippen molar-refractivity contribution in [1.82, 2.24) is 15.5 Å². The molecule has 1 saturated heterocycles. The average molecular weight is 307 g/mol. The van der Waals surface area contributed by atoms with Gasteiger partial charge in [-0.2, -0.15) is 0 Å². The van der Waals surface area contributed by atoms with Gasteiger partial charge in [0.25, 0.3) is 5.91 Å². The molecule has 0 aromatic carbocycles. The van der Waals surface area contributed by atoms with E-state index in [-0.39, 0.29) is 18.5 Å². The van der Waals surface area contributed by atoms with E-state index in [2.05, 4.69) is 10.6 Å². The Kier molecular flexibility index (Phi) is 4.54. The lowest BCUT2D eigenvalue weighted by Crippen LogP contribution is -2.45. The van der Waals surface area contributed by atoms with Crippen LogP contribution in [0.4, 0.5) is 4.79 Å². The van der Waals surface area contributed by atoms with E-state index in [1.54, 1.807) is 19.1 Å². The first-order chi connectivity index (χ1) is 10.4. The first-order valence-electron chi connectivity index (χ1n) is 7.39. The zero-order chi connectivity index (χ0) is 16.3. The molecule has 1 fully saturated rings. The van der Waals surface area contributed by atoms with Crippen molar-refractivity contribution in [2.24, 2.45) is 0 Å². The fourth-order valence-electron chi connectivity index (χ4n) is 2.48. The molecule has 0 radical (unpaired) electrons. The van der Waals surface area contributed by atoms with E-state index in [1.807, 2.05) is 13.8 Å². The lowest BCUT2D eigenvalue weighted by Gasteiger charge is -2.20. The van der Waals surface area contributed by atoms with Crippen molar-refractivity contribution in [3.63, 3.8) is 0 Å². The number of hydrogen-bond donors (Lipinski definition) is 2. The zero-order valence-corrected chi connectivity index (χ0v) is 13.0. The fraction of sp³-hybridized carbons (Fsp3) is 0.533. The van der Waals surface area contributed by atoms with Crippen LogP contribution in [0.2, 0.25) is 0 Å². The zero-order valence-electron chi connectivity index (χ0n) is 13.0. The number of urea groups is 1. The minimum Gasteiger partial charge on any atom is -0.466 e. The molecule has 1 aliphatic rings. The molecule has 2 rings (SSSR count). The van der Waals surface area contributed by atoms with Crippen molar-refractivity contribution in [2.75, 3.05) is 6.54 Å². The minimum absolute atomic E-state index is 0.0460. The Morgan fingerprint density at radius 3 is 2.64 bits per heavy atom. The van der Waals surface area contributed by atoms with Gasteiger partial charge in [0.1, 0.15) is 12.3 Å². The van der Waals surface area contributed by atoms with Crippen LogP contribution in [0, 0.1) is 0 Å². The molecule has 2 N–H and O–H groups in total. The third kappa shape index (κ3) is 2.84. The molecule has 1 aromatic rings. The highest BCUT2D eigenvalue weighted by atomic mass is 16.3.